The van der Waals surface area contributed by atoms with Crippen LogP contribution in [0.4, 0.5) is 13.2 Å². The average molecular weight is 256 g/mol. The van der Waals surface area contributed by atoms with Crippen LogP contribution < -0.4 is 5.73 Å². The van der Waals surface area contributed by atoms with Gasteiger partial charge in [-0.1, -0.05) is 18.2 Å². The Hall–Kier alpha value is -1.27. The van der Waals surface area contributed by atoms with Crippen molar-refractivity contribution in [3.8, 4) is 0 Å². The number of carboxylic acid groups (broad SMARTS) is 1. The van der Waals surface area contributed by atoms with Gasteiger partial charge in [0, 0.05) is 0 Å². The second-order valence-corrected chi connectivity index (χ2v) is 2.90. The van der Waals surface area contributed by atoms with Crippen LogP contribution in [0.2, 0.25) is 0 Å². The van der Waals surface area contributed by atoms with Gasteiger partial charge in [-0.25, -0.2) is 0 Å². The molecule has 0 bridgehead atoms. The molecule has 1 atom stereocenters. The van der Waals surface area contributed by atoms with Gasteiger partial charge in [-0.2, -0.15) is 13.2 Å². The molecular formula is C9H9ClF3NO2. The van der Waals surface area contributed by atoms with Crippen molar-refractivity contribution in [3.63, 3.8) is 0 Å². The van der Waals surface area contributed by atoms with Crippen molar-refractivity contribution in [2.75, 3.05) is 0 Å². The van der Waals surface area contributed by atoms with E-state index in [2.05, 4.69) is 0 Å². The Morgan fingerprint density at radius 2 is 1.81 bits per heavy atom. The van der Waals surface area contributed by atoms with Gasteiger partial charge in [-0.15, -0.1) is 12.4 Å². The third kappa shape index (κ3) is 3.11. The SMILES string of the molecule is Cl.N[C@H](C(=O)O)c1ccccc1C(F)(F)F. The maximum Gasteiger partial charge on any atom is 0.416 e. The number of carboxylic acids is 1. The summed E-state index contributed by atoms with van der Waals surface area (Å²) in [6.45, 7) is 0. The third-order valence-corrected chi connectivity index (χ3v) is 1.87. The predicted molar refractivity (Wildman–Crippen MR) is 53.3 cm³/mol. The van der Waals surface area contributed by atoms with Crippen LogP contribution in [0.25, 0.3) is 0 Å². The van der Waals surface area contributed by atoms with Crippen molar-refractivity contribution in [1.82, 2.24) is 0 Å². The summed E-state index contributed by atoms with van der Waals surface area (Å²) in [5.41, 5.74) is 3.69. The molecule has 0 saturated carbocycles. The zero-order valence-electron chi connectivity index (χ0n) is 7.86. The molecule has 0 unspecified atom stereocenters. The molecule has 0 amide bonds. The van der Waals surface area contributed by atoms with Gasteiger partial charge in [-0.05, 0) is 11.6 Å². The lowest BCUT2D eigenvalue weighted by atomic mass is 10.0. The second-order valence-electron chi connectivity index (χ2n) is 2.90. The van der Waals surface area contributed by atoms with Crippen molar-refractivity contribution in [3.05, 3.63) is 35.4 Å². The Bertz CT molecular complexity index is 381. The maximum atomic E-state index is 12.4. The Morgan fingerprint density at radius 3 is 2.25 bits per heavy atom. The summed E-state index contributed by atoms with van der Waals surface area (Å²) in [5, 5.41) is 8.53. The van der Waals surface area contributed by atoms with E-state index < -0.39 is 29.3 Å². The molecule has 3 nitrogen and oxygen atoms in total. The lowest BCUT2D eigenvalue weighted by molar-refractivity contribution is -0.141. The first-order valence-corrected chi connectivity index (χ1v) is 3.98. The number of hydrogen-bond donors (Lipinski definition) is 2. The molecule has 0 spiro atoms. The molecule has 1 aromatic carbocycles. The fourth-order valence-electron chi connectivity index (χ4n) is 1.16. The summed E-state index contributed by atoms with van der Waals surface area (Å²) in [6, 6.07) is 2.69. The van der Waals surface area contributed by atoms with Crippen LogP contribution in [0.5, 0.6) is 0 Å². The molecule has 0 saturated heterocycles. The van der Waals surface area contributed by atoms with Crippen LogP contribution in [0.15, 0.2) is 24.3 Å². The van der Waals surface area contributed by atoms with E-state index in [1.807, 2.05) is 0 Å². The molecule has 1 aromatic rings. The number of carbonyl (C=O) groups is 1. The van der Waals surface area contributed by atoms with E-state index in [0.29, 0.717) is 0 Å². The number of halogens is 4. The van der Waals surface area contributed by atoms with Gasteiger partial charge in [0.25, 0.3) is 0 Å². The van der Waals surface area contributed by atoms with Crippen LogP contribution in [0, 0.1) is 0 Å². The lowest BCUT2D eigenvalue weighted by Crippen LogP contribution is -2.24. The maximum absolute atomic E-state index is 12.4. The zero-order valence-corrected chi connectivity index (χ0v) is 8.68. The number of aliphatic carboxylic acids is 1. The third-order valence-electron chi connectivity index (χ3n) is 1.87. The first-order valence-electron chi connectivity index (χ1n) is 3.98. The number of hydrogen-bond acceptors (Lipinski definition) is 2. The highest BCUT2D eigenvalue weighted by molar-refractivity contribution is 5.85. The van der Waals surface area contributed by atoms with Crippen molar-refractivity contribution in [1.29, 1.82) is 0 Å². The Balaban J connectivity index is 0.00000225. The van der Waals surface area contributed by atoms with Crippen LogP contribution in [0.1, 0.15) is 17.2 Å². The van der Waals surface area contributed by atoms with Gasteiger partial charge in [0.15, 0.2) is 0 Å². The van der Waals surface area contributed by atoms with Crippen LogP contribution in [-0.2, 0) is 11.0 Å². The van der Waals surface area contributed by atoms with Gasteiger partial charge in [0.1, 0.15) is 6.04 Å². The van der Waals surface area contributed by atoms with E-state index >= 15 is 0 Å². The van der Waals surface area contributed by atoms with Gasteiger partial charge in [-0.3, -0.25) is 4.79 Å². The smallest absolute Gasteiger partial charge is 0.416 e. The van der Waals surface area contributed by atoms with Crippen LogP contribution in [0.3, 0.4) is 0 Å². The Morgan fingerprint density at radius 1 is 1.31 bits per heavy atom. The molecule has 7 heteroatoms. The van der Waals surface area contributed by atoms with Crippen LogP contribution in [-0.4, -0.2) is 11.1 Å². The largest absolute Gasteiger partial charge is 0.480 e. The molecule has 90 valence electrons. The molecule has 0 aliphatic heterocycles. The minimum absolute atomic E-state index is 0. The van der Waals surface area contributed by atoms with E-state index in [-0.39, 0.29) is 12.4 Å². The van der Waals surface area contributed by atoms with Crippen molar-refractivity contribution < 1.29 is 23.1 Å². The van der Waals surface area contributed by atoms with Crippen molar-refractivity contribution in [2.45, 2.75) is 12.2 Å². The zero-order chi connectivity index (χ0) is 11.6. The second kappa shape index (κ2) is 5.18. The molecule has 0 aromatic heterocycles. The summed E-state index contributed by atoms with van der Waals surface area (Å²) >= 11 is 0. The Labute approximate surface area is 95.5 Å². The highest BCUT2D eigenvalue weighted by atomic mass is 35.5. The molecule has 16 heavy (non-hydrogen) atoms. The molecule has 0 aliphatic carbocycles. The molecule has 0 aliphatic rings. The van der Waals surface area contributed by atoms with Crippen molar-refractivity contribution >= 4 is 18.4 Å². The van der Waals surface area contributed by atoms with E-state index in [4.69, 9.17) is 10.8 Å². The molecule has 1 rings (SSSR count). The molecular weight excluding hydrogens is 247 g/mol. The summed E-state index contributed by atoms with van der Waals surface area (Å²) < 4.78 is 37.3. The minimum atomic E-state index is -4.59. The standard InChI is InChI=1S/C9H8F3NO2.ClH/c10-9(11,12)6-4-2-1-3-5(6)7(13)8(14)15;/h1-4,7H,13H2,(H,14,15);1H/t7-;/m0./s1. The van der Waals surface area contributed by atoms with Crippen molar-refractivity contribution in [2.24, 2.45) is 5.73 Å². The monoisotopic (exact) mass is 255 g/mol. The van der Waals surface area contributed by atoms with E-state index in [1.165, 1.54) is 12.1 Å². The first kappa shape index (κ1) is 14.7. The fraction of sp³-hybridized carbons (Fsp3) is 0.222. The molecule has 0 radical (unpaired) electrons. The Kier molecular flexibility index (Phi) is 4.77. The van der Waals surface area contributed by atoms with Gasteiger partial charge in [0.05, 0.1) is 5.56 Å². The average Bonchev–Trinajstić information content (AvgIpc) is 2.15. The molecule has 0 fully saturated rings. The summed E-state index contributed by atoms with van der Waals surface area (Å²) in [4.78, 5) is 10.5. The molecule has 3 N–H and O–H groups in total. The van der Waals surface area contributed by atoms with Gasteiger partial charge >= 0.3 is 12.1 Å². The fourth-order valence-corrected chi connectivity index (χ4v) is 1.16. The quantitative estimate of drug-likeness (QED) is 0.852. The van der Waals surface area contributed by atoms with Gasteiger partial charge < -0.3 is 10.8 Å². The first-order chi connectivity index (χ1) is 6.84. The number of rotatable bonds is 2. The highest BCUT2D eigenvalue weighted by Crippen LogP contribution is 2.33. The molecule has 0 heterocycles. The minimum Gasteiger partial charge on any atom is -0.480 e. The number of benzene rings is 1. The lowest BCUT2D eigenvalue weighted by Gasteiger charge is -2.14. The summed E-state index contributed by atoms with van der Waals surface area (Å²) in [5.74, 6) is -1.49. The van der Waals surface area contributed by atoms with Crippen LogP contribution >= 0.6 is 12.4 Å². The summed E-state index contributed by atoms with van der Waals surface area (Å²) in [6.07, 6.45) is -4.59. The van der Waals surface area contributed by atoms with E-state index in [0.717, 1.165) is 12.1 Å². The predicted octanol–water partition coefficient (Wildman–Crippen LogP) is 2.21. The number of alkyl halides is 3. The van der Waals surface area contributed by atoms with E-state index in [9.17, 15) is 18.0 Å². The van der Waals surface area contributed by atoms with E-state index in [1.54, 1.807) is 0 Å². The highest BCUT2D eigenvalue weighted by Gasteiger charge is 2.35. The topological polar surface area (TPSA) is 63.3 Å². The van der Waals surface area contributed by atoms with Gasteiger partial charge in [0.2, 0.25) is 0 Å². The summed E-state index contributed by atoms with van der Waals surface area (Å²) in [7, 11) is 0. The normalized spacial score (nSPS) is 12.8. The number of nitrogens with two attached hydrogens (primary N) is 1.